The lowest BCUT2D eigenvalue weighted by Gasteiger charge is -2.22. The Hall–Kier alpha value is -2.06. The van der Waals surface area contributed by atoms with Crippen molar-refractivity contribution in [2.45, 2.75) is 26.2 Å². The molecule has 0 fully saturated rings. The second-order valence-corrected chi connectivity index (χ2v) is 4.54. The van der Waals surface area contributed by atoms with E-state index in [2.05, 4.69) is 12.2 Å². The number of unbranched alkanes of at least 4 members (excludes halogenated alkanes) is 1. The van der Waals surface area contributed by atoms with Crippen LogP contribution in [0.25, 0.3) is 0 Å². The van der Waals surface area contributed by atoms with E-state index in [1.54, 1.807) is 29.2 Å². The van der Waals surface area contributed by atoms with Crippen molar-refractivity contribution in [3.8, 4) is 6.07 Å². The first kappa shape index (κ1) is 16.0. The predicted molar refractivity (Wildman–Crippen MR) is 78.4 cm³/mol. The van der Waals surface area contributed by atoms with E-state index in [0.717, 1.165) is 12.8 Å². The van der Waals surface area contributed by atoms with Crippen LogP contribution in [0.15, 0.2) is 24.3 Å². The van der Waals surface area contributed by atoms with Gasteiger partial charge in [-0.15, -0.1) is 0 Å². The lowest BCUT2D eigenvalue weighted by molar-refractivity contribution is 0.201. The number of carbonyl (C=O) groups excluding carboxylic acids is 1. The summed E-state index contributed by atoms with van der Waals surface area (Å²) in [6, 6.07) is 8.62. The number of hydrogen-bond donors (Lipinski definition) is 2. The number of rotatable bonds is 7. The zero-order valence-corrected chi connectivity index (χ0v) is 11.8. The highest BCUT2D eigenvalue weighted by molar-refractivity contribution is 5.89. The Bertz CT molecular complexity index is 443. The van der Waals surface area contributed by atoms with Gasteiger partial charge in [-0.25, -0.2) is 4.79 Å². The molecule has 2 N–H and O–H groups in total. The van der Waals surface area contributed by atoms with Crippen LogP contribution in [0.4, 0.5) is 10.5 Å². The summed E-state index contributed by atoms with van der Waals surface area (Å²) in [6.07, 6.45) is 2.52. The molecule has 0 aliphatic carbocycles. The van der Waals surface area contributed by atoms with Crippen LogP contribution in [0.3, 0.4) is 0 Å². The summed E-state index contributed by atoms with van der Waals surface area (Å²) in [7, 11) is 0. The van der Waals surface area contributed by atoms with Gasteiger partial charge in [0.15, 0.2) is 0 Å². The fourth-order valence-corrected chi connectivity index (χ4v) is 1.76. The number of anilines is 1. The van der Waals surface area contributed by atoms with E-state index in [-0.39, 0.29) is 12.6 Å². The number of nitriles is 1. The Labute approximate surface area is 119 Å². The normalized spacial score (nSPS) is 9.85. The molecule has 0 unspecified atom stereocenters. The molecule has 1 rings (SSSR count). The van der Waals surface area contributed by atoms with Gasteiger partial charge in [0.25, 0.3) is 0 Å². The Morgan fingerprint density at radius 3 is 2.50 bits per heavy atom. The molecule has 0 aromatic heterocycles. The van der Waals surface area contributed by atoms with Crippen molar-refractivity contribution in [3.05, 3.63) is 29.8 Å². The third-order valence-corrected chi connectivity index (χ3v) is 2.92. The predicted octanol–water partition coefficient (Wildman–Crippen LogP) is 2.57. The van der Waals surface area contributed by atoms with Gasteiger partial charge >= 0.3 is 6.03 Å². The highest BCUT2D eigenvalue weighted by Gasteiger charge is 2.12. The van der Waals surface area contributed by atoms with Crippen LogP contribution in [-0.4, -0.2) is 35.7 Å². The van der Waals surface area contributed by atoms with Crippen LogP contribution >= 0.6 is 0 Å². The molecule has 20 heavy (non-hydrogen) atoms. The average Bonchev–Trinajstić information content (AvgIpc) is 2.48. The molecule has 1 aromatic carbocycles. The van der Waals surface area contributed by atoms with Gasteiger partial charge in [0.1, 0.15) is 0 Å². The topological polar surface area (TPSA) is 76.4 Å². The van der Waals surface area contributed by atoms with Crippen LogP contribution in [0.5, 0.6) is 0 Å². The highest BCUT2D eigenvalue weighted by Crippen LogP contribution is 2.10. The maximum absolute atomic E-state index is 12.1. The monoisotopic (exact) mass is 275 g/mol. The van der Waals surface area contributed by atoms with E-state index < -0.39 is 0 Å². The fourth-order valence-electron chi connectivity index (χ4n) is 1.76. The van der Waals surface area contributed by atoms with Crippen molar-refractivity contribution in [3.63, 3.8) is 0 Å². The van der Waals surface area contributed by atoms with E-state index in [1.165, 1.54) is 0 Å². The van der Waals surface area contributed by atoms with Crippen LogP contribution in [-0.2, 0) is 0 Å². The lowest BCUT2D eigenvalue weighted by Crippen LogP contribution is -2.36. The zero-order valence-electron chi connectivity index (χ0n) is 11.8. The molecule has 0 aliphatic rings. The Balaban J connectivity index is 2.61. The summed E-state index contributed by atoms with van der Waals surface area (Å²) in [6.45, 7) is 3.37. The van der Waals surface area contributed by atoms with Crippen molar-refractivity contribution < 1.29 is 9.90 Å². The molecule has 0 radical (unpaired) electrons. The summed E-state index contributed by atoms with van der Waals surface area (Å²) < 4.78 is 0. The standard InChI is InChI=1S/C15H21N3O2/c1-2-3-9-18(10-4-11-19)15(20)17-14-7-5-13(12-16)6-8-14/h5-8,19H,2-4,9-11H2,1H3,(H,17,20). The molecule has 1 aromatic rings. The molecule has 0 bridgehead atoms. The van der Waals surface area contributed by atoms with E-state index >= 15 is 0 Å². The first-order chi connectivity index (χ1) is 9.71. The van der Waals surface area contributed by atoms with Crippen molar-refractivity contribution >= 4 is 11.7 Å². The molecule has 0 aliphatic heterocycles. The number of hydrogen-bond acceptors (Lipinski definition) is 3. The van der Waals surface area contributed by atoms with Gasteiger partial charge < -0.3 is 15.3 Å². The van der Waals surface area contributed by atoms with Gasteiger partial charge in [0.2, 0.25) is 0 Å². The van der Waals surface area contributed by atoms with Crippen molar-refractivity contribution in [1.82, 2.24) is 4.90 Å². The maximum atomic E-state index is 12.1. The largest absolute Gasteiger partial charge is 0.396 e. The number of amides is 2. The molecule has 0 atom stereocenters. The van der Waals surface area contributed by atoms with E-state index in [0.29, 0.717) is 30.8 Å². The summed E-state index contributed by atoms with van der Waals surface area (Å²) in [5.41, 5.74) is 1.23. The first-order valence-electron chi connectivity index (χ1n) is 6.88. The molecule has 2 amide bonds. The number of benzene rings is 1. The van der Waals surface area contributed by atoms with Crippen LogP contribution in [0.2, 0.25) is 0 Å². The van der Waals surface area contributed by atoms with Gasteiger partial charge in [-0.1, -0.05) is 13.3 Å². The van der Waals surface area contributed by atoms with Crippen molar-refractivity contribution in [2.75, 3.05) is 25.0 Å². The molecule has 0 spiro atoms. The summed E-state index contributed by atoms with van der Waals surface area (Å²) in [5.74, 6) is 0. The van der Waals surface area contributed by atoms with Crippen molar-refractivity contribution in [1.29, 1.82) is 5.26 Å². The third-order valence-electron chi connectivity index (χ3n) is 2.92. The SMILES string of the molecule is CCCCN(CCCO)C(=O)Nc1ccc(C#N)cc1. The van der Waals surface area contributed by atoms with E-state index in [9.17, 15) is 4.79 Å². The maximum Gasteiger partial charge on any atom is 0.321 e. The number of aliphatic hydroxyl groups excluding tert-OH is 1. The molecule has 0 heterocycles. The number of urea groups is 1. The minimum Gasteiger partial charge on any atom is -0.396 e. The summed E-state index contributed by atoms with van der Waals surface area (Å²) >= 11 is 0. The Morgan fingerprint density at radius 1 is 1.30 bits per heavy atom. The smallest absolute Gasteiger partial charge is 0.321 e. The second kappa shape index (κ2) is 8.94. The molecule has 0 saturated carbocycles. The number of nitrogens with zero attached hydrogens (tertiary/aromatic N) is 2. The second-order valence-electron chi connectivity index (χ2n) is 4.54. The van der Waals surface area contributed by atoms with Crippen LogP contribution in [0.1, 0.15) is 31.7 Å². The quantitative estimate of drug-likeness (QED) is 0.803. The lowest BCUT2D eigenvalue weighted by atomic mass is 10.2. The van der Waals surface area contributed by atoms with Gasteiger partial charge in [-0.05, 0) is 37.1 Å². The Kier molecular flexibility index (Phi) is 7.15. The summed E-state index contributed by atoms with van der Waals surface area (Å²) in [5, 5.41) is 20.4. The van der Waals surface area contributed by atoms with Gasteiger partial charge in [-0.3, -0.25) is 0 Å². The van der Waals surface area contributed by atoms with Crippen LogP contribution < -0.4 is 5.32 Å². The minimum atomic E-state index is -0.170. The van der Waals surface area contributed by atoms with Gasteiger partial charge in [0, 0.05) is 25.4 Å². The molecule has 5 nitrogen and oxygen atoms in total. The first-order valence-corrected chi connectivity index (χ1v) is 6.88. The fraction of sp³-hybridized carbons (Fsp3) is 0.467. The number of aliphatic hydroxyl groups is 1. The molecule has 0 saturated heterocycles. The minimum absolute atomic E-state index is 0.0762. The highest BCUT2D eigenvalue weighted by atomic mass is 16.3. The molecular weight excluding hydrogens is 254 g/mol. The molecular formula is C15H21N3O2. The van der Waals surface area contributed by atoms with E-state index in [1.807, 2.05) is 6.07 Å². The molecule has 5 heteroatoms. The van der Waals surface area contributed by atoms with Gasteiger partial charge in [0.05, 0.1) is 11.6 Å². The third kappa shape index (κ3) is 5.29. The summed E-state index contributed by atoms with van der Waals surface area (Å²) in [4.78, 5) is 13.9. The number of nitrogens with one attached hydrogen (secondary N) is 1. The van der Waals surface area contributed by atoms with Crippen LogP contribution in [0, 0.1) is 11.3 Å². The van der Waals surface area contributed by atoms with E-state index in [4.69, 9.17) is 10.4 Å². The average molecular weight is 275 g/mol. The molecule has 108 valence electrons. The zero-order chi connectivity index (χ0) is 14.8. The number of carbonyl (C=O) groups is 1. The van der Waals surface area contributed by atoms with Gasteiger partial charge in [-0.2, -0.15) is 5.26 Å². The van der Waals surface area contributed by atoms with Crippen molar-refractivity contribution in [2.24, 2.45) is 0 Å². The Morgan fingerprint density at radius 2 is 1.95 bits per heavy atom.